The summed E-state index contributed by atoms with van der Waals surface area (Å²) in [4.78, 5) is 31.5. The van der Waals surface area contributed by atoms with Crippen LogP contribution in [-0.2, 0) is 21.4 Å². The number of benzene rings is 3. The van der Waals surface area contributed by atoms with Gasteiger partial charge in [0.15, 0.2) is 5.16 Å². The maximum absolute atomic E-state index is 12.5. The second-order valence-electron chi connectivity index (χ2n) is 7.06. The molecule has 0 aliphatic heterocycles. The first kappa shape index (κ1) is 22.7. The molecule has 0 radical (unpaired) electrons. The molecule has 0 aliphatic carbocycles. The molecule has 0 fully saturated rings. The van der Waals surface area contributed by atoms with Crippen LogP contribution >= 0.6 is 11.8 Å². The van der Waals surface area contributed by atoms with Crippen LogP contribution in [0, 0.1) is 0 Å². The van der Waals surface area contributed by atoms with Crippen LogP contribution < -0.4 is 15.6 Å². The Morgan fingerprint density at radius 2 is 1.64 bits per heavy atom. The standard InChI is InChI=1S/C23H20N4O4S2/c28-21(15-32-23-26-20-9-5-4-8-19(20)22(29)27-23)25-17-10-12-18(13-11-17)33(30,31)24-14-16-6-2-1-3-7-16/h1-13,24H,14-15H2,(H,25,28)(H,26,27,29). The summed E-state index contributed by atoms with van der Waals surface area (Å²) in [5, 5.41) is 3.54. The predicted octanol–water partition coefficient (Wildman–Crippen LogP) is 3.13. The number of amides is 1. The van der Waals surface area contributed by atoms with Crippen molar-refractivity contribution in [3.63, 3.8) is 0 Å². The fourth-order valence-electron chi connectivity index (χ4n) is 3.04. The van der Waals surface area contributed by atoms with Crippen molar-refractivity contribution in [2.24, 2.45) is 0 Å². The van der Waals surface area contributed by atoms with Gasteiger partial charge in [-0.25, -0.2) is 18.1 Å². The lowest BCUT2D eigenvalue weighted by Gasteiger charge is -2.09. The molecule has 1 aromatic heterocycles. The molecular weight excluding hydrogens is 460 g/mol. The minimum absolute atomic E-state index is 0.0277. The molecule has 168 valence electrons. The van der Waals surface area contributed by atoms with E-state index in [2.05, 4.69) is 20.0 Å². The number of nitrogens with zero attached hydrogens (tertiary/aromatic N) is 1. The number of hydrogen-bond acceptors (Lipinski definition) is 6. The van der Waals surface area contributed by atoms with Crippen LogP contribution in [0.15, 0.2) is 93.7 Å². The fraction of sp³-hybridized carbons (Fsp3) is 0.0870. The molecule has 4 aromatic rings. The van der Waals surface area contributed by atoms with Gasteiger partial charge in [-0.05, 0) is 42.0 Å². The highest BCUT2D eigenvalue weighted by atomic mass is 32.2. The molecule has 1 amide bonds. The van der Waals surface area contributed by atoms with E-state index in [4.69, 9.17) is 0 Å². The molecule has 0 saturated carbocycles. The van der Waals surface area contributed by atoms with Gasteiger partial charge in [0.05, 0.1) is 21.6 Å². The van der Waals surface area contributed by atoms with Crippen molar-refractivity contribution in [1.82, 2.24) is 14.7 Å². The molecule has 0 bridgehead atoms. The van der Waals surface area contributed by atoms with Crippen LogP contribution in [0.4, 0.5) is 5.69 Å². The van der Waals surface area contributed by atoms with E-state index in [-0.39, 0.29) is 28.7 Å². The van der Waals surface area contributed by atoms with Crippen molar-refractivity contribution in [2.45, 2.75) is 16.6 Å². The molecule has 0 unspecified atom stereocenters. The van der Waals surface area contributed by atoms with Crippen molar-refractivity contribution in [1.29, 1.82) is 0 Å². The fourth-order valence-corrected chi connectivity index (χ4v) is 4.72. The number of aromatic nitrogens is 2. The molecular formula is C23H20N4O4S2. The highest BCUT2D eigenvalue weighted by molar-refractivity contribution is 7.99. The lowest BCUT2D eigenvalue weighted by molar-refractivity contribution is -0.113. The number of carbonyl (C=O) groups is 1. The highest BCUT2D eigenvalue weighted by Gasteiger charge is 2.14. The summed E-state index contributed by atoms with van der Waals surface area (Å²) in [6, 6.07) is 22.1. The smallest absolute Gasteiger partial charge is 0.259 e. The molecule has 1 heterocycles. The van der Waals surface area contributed by atoms with Gasteiger partial charge in [-0.1, -0.05) is 54.2 Å². The Morgan fingerprint density at radius 3 is 2.39 bits per heavy atom. The van der Waals surface area contributed by atoms with Crippen LogP contribution in [0.25, 0.3) is 10.9 Å². The average molecular weight is 481 g/mol. The first-order chi connectivity index (χ1) is 15.9. The van der Waals surface area contributed by atoms with Crippen LogP contribution in [0.1, 0.15) is 5.56 Å². The molecule has 0 aliphatic rings. The Morgan fingerprint density at radius 1 is 0.939 bits per heavy atom. The van der Waals surface area contributed by atoms with Gasteiger partial charge < -0.3 is 10.3 Å². The SMILES string of the molecule is O=C(CSc1nc2ccccc2c(=O)[nH]1)Nc1ccc(S(=O)(=O)NCc2ccccc2)cc1. The Kier molecular flexibility index (Phi) is 6.87. The molecule has 10 heteroatoms. The summed E-state index contributed by atoms with van der Waals surface area (Å²) in [6.45, 7) is 0.184. The molecule has 0 spiro atoms. The van der Waals surface area contributed by atoms with E-state index < -0.39 is 10.0 Å². The Labute approximate surface area is 194 Å². The van der Waals surface area contributed by atoms with E-state index in [1.54, 1.807) is 24.3 Å². The van der Waals surface area contributed by atoms with E-state index in [1.807, 2.05) is 30.3 Å². The van der Waals surface area contributed by atoms with E-state index in [1.165, 1.54) is 24.3 Å². The predicted molar refractivity (Wildman–Crippen MR) is 129 cm³/mol. The van der Waals surface area contributed by atoms with Gasteiger partial charge in [-0.3, -0.25) is 9.59 Å². The van der Waals surface area contributed by atoms with Gasteiger partial charge >= 0.3 is 0 Å². The molecule has 3 N–H and O–H groups in total. The third-order valence-corrected chi connectivity index (χ3v) is 6.98. The summed E-state index contributed by atoms with van der Waals surface area (Å²) in [6.07, 6.45) is 0. The van der Waals surface area contributed by atoms with E-state index in [0.717, 1.165) is 17.3 Å². The normalized spacial score (nSPS) is 11.4. The van der Waals surface area contributed by atoms with E-state index in [0.29, 0.717) is 21.7 Å². The van der Waals surface area contributed by atoms with Crippen LogP contribution in [0.3, 0.4) is 0 Å². The Hall–Kier alpha value is -3.47. The number of fused-ring (bicyclic) bond motifs is 1. The minimum Gasteiger partial charge on any atom is -0.325 e. The summed E-state index contributed by atoms with van der Waals surface area (Å²) >= 11 is 1.10. The number of anilines is 1. The number of sulfonamides is 1. The Bertz CT molecular complexity index is 1440. The number of para-hydroxylation sites is 1. The maximum atomic E-state index is 12.5. The lowest BCUT2D eigenvalue weighted by Crippen LogP contribution is -2.23. The molecule has 3 aromatic carbocycles. The van der Waals surface area contributed by atoms with E-state index >= 15 is 0 Å². The van der Waals surface area contributed by atoms with Gasteiger partial charge in [0, 0.05) is 12.2 Å². The zero-order chi connectivity index (χ0) is 23.3. The number of carbonyl (C=O) groups excluding carboxylic acids is 1. The summed E-state index contributed by atoms with van der Waals surface area (Å²) < 4.78 is 27.5. The number of hydrogen-bond donors (Lipinski definition) is 3. The average Bonchev–Trinajstić information content (AvgIpc) is 2.83. The third kappa shape index (κ3) is 5.86. The number of H-pyrrole nitrogens is 1. The molecule has 33 heavy (non-hydrogen) atoms. The monoisotopic (exact) mass is 480 g/mol. The van der Waals surface area contributed by atoms with Crippen molar-refractivity contribution >= 4 is 44.3 Å². The second kappa shape index (κ2) is 9.99. The van der Waals surface area contributed by atoms with Crippen LogP contribution in [-0.4, -0.2) is 30.0 Å². The van der Waals surface area contributed by atoms with E-state index in [9.17, 15) is 18.0 Å². The first-order valence-electron chi connectivity index (χ1n) is 9.96. The minimum atomic E-state index is -3.68. The van der Waals surface area contributed by atoms with Gasteiger partial charge in [0.25, 0.3) is 5.56 Å². The van der Waals surface area contributed by atoms with Crippen molar-refractivity contribution < 1.29 is 13.2 Å². The van der Waals surface area contributed by atoms with Crippen LogP contribution in [0.2, 0.25) is 0 Å². The number of nitrogens with one attached hydrogen (secondary N) is 3. The van der Waals surface area contributed by atoms with Gasteiger partial charge in [-0.2, -0.15) is 0 Å². The van der Waals surface area contributed by atoms with Crippen molar-refractivity contribution in [2.75, 3.05) is 11.1 Å². The highest BCUT2D eigenvalue weighted by Crippen LogP contribution is 2.17. The zero-order valence-electron chi connectivity index (χ0n) is 17.3. The lowest BCUT2D eigenvalue weighted by atomic mass is 10.2. The zero-order valence-corrected chi connectivity index (χ0v) is 18.9. The van der Waals surface area contributed by atoms with Crippen molar-refractivity contribution in [3.05, 3.63) is 94.8 Å². The summed E-state index contributed by atoms with van der Waals surface area (Å²) in [7, 11) is -3.68. The topological polar surface area (TPSA) is 121 Å². The third-order valence-electron chi connectivity index (χ3n) is 4.69. The Balaban J connectivity index is 1.34. The maximum Gasteiger partial charge on any atom is 0.259 e. The summed E-state index contributed by atoms with van der Waals surface area (Å²) in [5.41, 5.74) is 1.61. The van der Waals surface area contributed by atoms with Gasteiger partial charge in [0.1, 0.15) is 0 Å². The van der Waals surface area contributed by atoms with Gasteiger partial charge in [-0.15, -0.1) is 0 Å². The van der Waals surface area contributed by atoms with Gasteiger partial charge in [0.2, 0.25) is 15.9 Å². The second-order valence-corrected chi connectivity index (χ2v) is 9.79. The first-order valence-corrected chi connectivity index (χ1v) is 12.4. The largest absolute Gasteiger partial charge is 0.325 e. The molecule has 8 nitrogen and oxygen atoms in total. The quantitative estimate of drug-likeness (QED) is 0.263. The number of rotatable bonds is 8. The number of aromatic amines is 1. The molecule has 0 saturated heterocycles. The van der Waals surface area contributed by atoms with Crippen molar-refractivity contribution in [3.8, 4) is 0 Å². The molecule has 4 rings (SSSR count). The molecule has 0 atom stereocenters. The van der Waals surface area contributed by atoms with Crippen LogP contribution in [0.5, 0.6) is 0 Å². The summed E-state index contributed by atoms with van der Waals surface area (Å²) in [5.74, 6) is -0.284. The number of thioether (sulfide) groups is 1.